The van der Waals surface area contributed by atoms with Gasteiger partial charge in [-0.25, -0.2) is 0 Å². The van der Waals surface area contributed by atoms with Crippen LogP contribution in [-0.4, -0.2) is 37.0 Å². The molecule has 0 aliphatic carbocycles. The number of nitrogen functional groups attached to an aromatic ring is 1. The lowest BCUT2D eigenvalue weighted by atomic mass is 9.99. The highest BCUT2D eigenvalue weighted by Gasteiger charge is 2.15. The molecule has 1 aliphatic heterocycles. The van der Waals surface area contributed by atoms with Crippen LogP contribution in [0.15, 0.2) is 18.2 Å². The second-order valence-corrected chi connectivity index (χ2v) is 5.80. The normalized spacial score (nSPS) is 17.1. The van der Waals surface area contributed by atoms with Crippen LogP contribution in [0, 0.1) is 12.8 Å². The van der Waals surface area contributed by atoms with E-state index >= 15 is 0 Å². The van der Waals surface area contributed by atoms with Gasteiger partial charge in [0.25, 0.3) is 5.91 Å². The standard InChI is InChI=1S/C16H25N3O/c1-12-6-9-19(10-7-12)11-8-18-16(20)14-4-3-5-15(17)13(14)2/h3-5,12H,6-11,17H2,1-2H3,(H,18,20). The summed E-state index contributed by atoms with van der Waals surface area (Å²) in [6.45, 7) is 8.11. The number of carbonyl (C=O) groups is 1. The summed E-state index contributed by atoms with van der Waals surface area (Å²) < 4.78 is 0. The minimum Gasteiger partial charge on any atom is -0.398 e. The third kappa shape index (κ3) is 3.73. The summed E-state index contributed by atoms with van der Waals surface area (Å²) >= 11 is 0. The van der Waals surface area contributed by atoms with Gasteiger partial charge in [0, 0.05) is 24.3 Å². The van der Waals surface area contributed by atoms with E-state index in [0.29, 0.717) is 17.8 Å². The zero-order valence-corrected chi connectivity index (χ0v) is 12.5. The van der Waals surface area contributed by atoms with Gasteiger partial charge in [-0.1, -0.05) is 13.0 Å². The second kappa shape index (κ2) is 6.75. The Kier molecular flexibility index (Phi) is 5.01. The predicted molar refractivity (Wildman–Crippen MR) is 82.8 cm³/mol. The topological polar surface area (TPSA) is 58.4 Å². The van der Waals surface area contributed by atoms with E-state index in [1.54, 1.807) is 0 Å². The highest BCUT2D eigenvalue weighted by Crippen LogP contribution is 2.16. The summed E-state index contributed by atoms with van der Waals surface area (Å²) in [5.41, 5.74) is 8.03. The van der Waals surface area contributed by atoms with Crippen LogP contribution in [0.4, 0.5) is 5.69 Å². The number of nitrogens with zero attached hydrogens (tertiary/aromatic N) is 1. The van der Waals surface area contributed by atoms with Crippen molar-refractivity contribution >= 4 is 11.6 Å². The molecular formula is C16H25N3O. The number of benzene rings is 1. The highest BCUT2D eigenvalue weighted by atomic mass is 16.1. The molecule has 0 bridgehead atoms. The molecule has 20 heavy (non-hydrogen) atoms. The van der Waals surface area contributed by atoms with Gasteiger partial charge in [0.1, 0.15) is 0 Å². The molecule has 0 radical (unpaired) electrons. The average Bonchev–Trinajstić information content (AvgIpc) is 2.44. The lowest BCUT2D eigenvalue weighted by molar-refractivity contribution is 0.0944. The highest BCUT2D eigenvalue weighted by molar-refractivity contribution is 5.96. The first-order valence-electron chi connectivity index (χ1n) is 7.43. The molecule has 1 aromatic rings. The Morgan fingerprint density at radius 2 is 2.10 bits per heavy atom. The number of carbonyl (C=O) groups excluding carboxylic acids is 1. The Labute approximate surface area is 121 Å². The largest absolute Gasteiger partial charge is 0.398 e. The minimum absolute atomic E-state index is 0.0276. The molecule has 1 aliphatic rings. The van der Waals surface area contributed by atoms with Crippen molar-refractivity contribution in [2.75, 3.05) is 31.9 Å². The molecule has 0 saturated carbocycles. The fraction of sp³-hybridized carbons (Fsp3) is 0.562. The maximum absolute atomic E-state index is 12.1. The van der Waals surface area contributed by atoms with Crippen molar-refractivity contribution in [3.63, 3.8) is 0 Å². The van der Waals surface area contributed by atoms with Gasteiger partial charge in [-0.15, -0.1) is 0 Å². The van der Waals surface area contributed by atoms with Gasteiger partial charge in [0.2, 0.25) is 0 Å². The van der Waals surface area contributed by atoms with E-state index in [-0.39, 0.29) is 5.91 Å². The van der Waals surface area contributed by atoms with Gasteiger partial charge in [-0.3, -0.25) is 4.79 Å². The first kappa shape index (κ1) is 14.9. The third-order valence-corrected chi connectivity index (χ3v) is 4.21. The average molecular weight is 275 g/mol. The SMILES string of the molecule is Cc1c(N)cccc1C(=O)NCCN1CCC(C)CC1. The van der Waals surface area contributed by atoms with Crippen molar-refractivity contribution in [2.24, 2.45) is 5.92 Å². The fourth-order valence-corrected chi connectivity index (χ4v) is 2.61. The van der Waals surface area contributed by atoms with Crippen molar-refractivity contribution in [1.82, 2.24) is 10.2 Å². The predicted octanol–water partition coefficient (Wildman–Crippen LogP) is 2.04. The molecule has 0 aromatic heterocycles. The van der Waals surface area contributed by atoms with E-state index in [1.165, 1.54) is 12.8 Å². The monoisotopic (exact) mass is 275 g/mol. The van der Waals surface area contributed by atoms with Crippen molar-refractivity contribution in [3.05, 3.63) is 29.3 Å². The fourth-order valence-electron chi connectivity index (χ4n) is 2.61. The summed E-state index contributed by atoms with van der Waals surface area (Å²) in [5, 5.41) is 2.99. The number of nitrogens with one attached hydrogen (secondary N) is 1. The molecular weight excluding hydrogens is 250 g/mol. The van der Waals surface area contributed by atoms with Gasteiger partial charge >= 0.3 is 0 Å². The lowest BCUT2D eigenvalue weighted by Gasteiger charge is -2.30. The number of piperidine rings is 1. The Morgan fingerprint density at radius 3 is 2.80 bits per heavy atom. The zero-order chi connectivity index (χ0) is 14.5. The van der Waals surface area contributed by atoms with Gasteiger partial charge in [0.05, 0.1) is 0 Å². The maximum atomic E-state index is 12.1. The Hall–Kier alpha value is -1.55. The van der Waals surface area contributed by atoms with Crippen LogP contribution < -0.4 is 11.1 Å². The second-order valence-electron chi connectivity index (χ2n) is 5.80. The van der Waals surface area contributed by atoms with E-state index in [9.17, 15) is 4.79 Å². The van der Waals surface area contributed by atoms with Crippen molar-refractivity contribution in [3.8, 4) is 0 Å². The molecule has 0 spiro atoms. The van der Waals surface area contributed by atoms with Gasteiger partial charge in [0.15, 0.2) is 0 Å². The molecule has 3 N–H and O–H groups in total. The van der Waals surface area contributed by atoms with Crippen LogP contribution >= 0.6 is 0 Å². The van der Waals surface area contributed by atoms with Crippen molar-refractivity contribution in [1.29, 1.82) is 0 Å². The number of likely N-dealkylation sites (tertiary alicyclic amines) is 1. The molecule has 4 nitrogen and oxygen atoms in total. The number of hydrogen-bond acceptors (Lipinski definition) is 3. The molecule has 0 atom stereocenters. The quantitative estimate of drug-likeness (QED) is 0.827. The number of anilines is 1. The van der Waals surface area contributed by atoms with Crippen LogP contribution in [0.1, 0.15) is 35.7 Å². The first-order chi connectivity index (χ1) is 9.58. The van der Waals surface area contributed by atoms with Crippen LogP contribution in [0.5, 0.6) is 0 Å². The Balaban J connectivity index is 1.79. The zero-order valence-electron chi connectivity index (χ0n) is 12.5. The molecule has 2 rings (SSSR count). The maximum Gasteiger partial charge on any atom is 0.251 e. The molecule has 1 saturated heterocycles. The van der Waals surface area contributed by atoms with Crippen LogP contribution in [-0.2, 0) is 0 Å². The van der Waals surface area contributed by atoms with Gasteiger partial charge in [-0.05, 0) is 56.5 Å². The molecule has 1 amide bonds. The summed E-state index contributed by atoms with van der Waals surface area (Å²) in [6.07, 6.45) is 2.53. The summed E-state index contributed by atoms with van der Waals surface area (Å²) in [4.78, 5) is 14.5. The van der Waals surface area contributed by atoms with E-state index in [1.807, 2.05) is 25.1 Å². The lowest BCUT2D eigenvalue weighted by Crippen LogP contribution is -2.39. The molecule has 4 heteroatoms. The minimum atomic E-state index is -0.0276. The molecule has 1 aromatic carbocycles. The Morgan fingerprint density at radius 1 is 1.40 bits per heavy atom. The smallest absolute Gasteiger partial charge is 0.251 e. The van der Waals surface area contributed by atoms with Crippen LogP contribution in [0.25, 0.3) is 0 Å². The van der Waals surface area contributed by atoms with Crippen LogP contribution in [0.3, 0.4) is 0 Å². The molecule has 1 fully saturated rings. The van der Waals surface area contributed by atoms with E-state index < -0.39 is 0 Å². The summed E-state index contributed by atoms with van der Waals surface area (Å²) in [5.74, 6) is 0.816. The first-order valence-corrected chi connectivity index (χ1v) is 7.43. The van der Waals surface area contributed by atoms with Gasteiger partial charge < -0.3 is 16.0 Å². The van der Waals surface area contributed by atoms with Gasteiger partial charge in [-0.2, -0.15) is 0 Å². The van der Waals surface area contributed by atoms with E-state index in [0.717, 1.165) is 31.1 Å². The summed E-state index contributed by atoms with van der Waals surface area (Å²) in [7, 11) is 0. The Bertz CT molecular complexity index is 465. The van der Waals surface area contributed by atoms with Crippen molar-refractivity contribution < 1.29 is 4.79 Å². The van der Waals surface area contributed by atoms with Crippen molar-refractivity contribution in [2.45, 2.75) is 26.7 Å². The number of nitrogens with two attached hydrogens (primary N) is 1. The van der Waals surface area contributed by atoms with E-state index in [2.05, 4.69) is 17.1 Å². The number of hydrogen-bond donors (Lipinski definition) is 2. The third-order valence-electron chi connectivity index (χ3n) is 4.21. The molecule has 1 heterocycles. The number of amides is 1. The summed E-state index contributed by atoms with van der Waals surface area (Å²) in [6, 6.07) is 5.47. The molecule has 0 unspecified atom stereocenters. The number of rotatable bonds is 4. The van der Waals surface area contributed by atoms with Crippen LogP contribution in [0.2, 0.25) is 0 Å². The van der Waals surface area contributed by atoms with E-state index in [4.69, 9.17) is 5.73 Å². The molecule has 110 valence electrons.